The molecule has 2 saturated carbocycles. The van der Waals surface area contributed by atoms with Gasteiger partial charge in [-0.05, 0) is 86.8 Å². The highest BCUT2D eigenvalue weighted by molar-refractivity contribution is 5.87. The molecule has 39 heavy (non-hydrogen) atoms. The molecule has 5 atom stereocenters. The van der Waals surface area contributed by atoms with Crippen molar-refractivity contribution >= 4 is 5.78 Å². The summed E-state index contributed by atoms with van der Waals surface area (Å²) in [6.07, 6.45) is 12.6. The molecule has 1 aromatic carbocycles. The van der Waals surface area contributed by atoms with Gasteiger partial charge in [0.2, 0.25) is 0 Å². The number of rotatable bonds is 9. The number of ketones is 1. The molecule has 1 aromatic rings. The van der Waals surface area contributed by atoms with Crippen LogP contribution in [0.25, 0.3) is 0 Å². The molecule has 5 heteroatoms. The largest absolute Gasteiger partial charge is 0.494 e. The van der Waals surface area contributed by atoms with Crippen molar-refractivity contribution in [2.24, 2.45) is 23.2 Å². The molecular formula is C34H49NO4. The van der Waals surface area contributed by atoms with E-state index in [-0.39, 0.29) is 11.2 Å². The lowest BCUT2D eigenvalue weighted by atomic mass is 9.53. The average molecular weight is 536 g/mol. The molecule has 4 unspecified atom stereocenters. The Morgan fingerprint density at radius 2 is 1.92 bits per heavy atom. The van der Waals surface area contributed by atoms with E-state index in [1.54, 1.807) is 11.1 Å². The molecule has 5 aliphatic rings. The molecule has 0 aromatic heterocycles. The predicted molar refractivity (Wildman–Crippen MR) is 154 cm³/mol. The molecule has 4 aliphatic carbocycles. The fourth-order valence-corrected chi connectivity index (χ4v) is 9.18. The number of hydrogen-bond donors (Lipinski definition) is 1. The zero-order chi connectivity index (χ0) is 27.0. The topological polar surface area (TPSA) is 56.8 Å². The first kappa shape index (κ1) is 27.5. The maximum atomic E-state index is 13.5. The van der Waals surface area contributed by atoms with Crippen molar-refractivity contribution in [3.63, 3.8) is 0 Å². The first-order valence-corrected chi connectivity index (χ1v) is 15.9. The highest BCUT2D eigenvalue weighted by Gasteiger charge is 2.58. The summed E-state index contributed by atoms with van der Waals surface area (Å²) < 4.78 is 18.5. The van der Waals surface area contributed by atoms with Crippen LogP contribution in [0.1, 0.15) is 109 Å². The zero-order valence-electron chi connectivity index (χ0n) is 24.4. The van der Waals surface area contributed by atoms with Crippen molar-refractivity contribution in [3.05, 3.63) is 41.0 Å². The molecular weight excluding hydrogens is 486 g/mol. The number of fused-ring (bicyclic) bond motifs is 4. The van der Waals surface area contributed by atoms with Gasteiger partial charge in [-0.3, -0.25) is 4.79 Å². The molecule has 0 amide bonds. The van der Waals surface area contributed by atoms with Gasteiger partial charge >= 0.3 is 0 Å². The minimum Gasteiger partial charge on any atom is -0.494 e. The van der Waals surface area contributed by atoms with E-state index in [0.29, 0.717) is 42.2 Å². The minimum absolute atomic E-state index is 0.172. The smallest absolute Gasteiger partial charge is 0.172 e. The zero-order valence-corrected chi connectivity index (χ0v) is 24.4. The molecule has 1 spiro atoms. The third-order valence-electron chi connectivity index (χ3n) is 10.8. The summed E-state index contributed by atoms with van der Waals surface area (Å²) in [7, 11) is 0. The van der Waals surface area contributed by atoms with E-state index in [2.05, 4.69) is 50.4 Å². The summed E-state index contributed by atoms with van der Waals surface area (Å²) >= 11 is 0. The number of carbonyl (C=O) groups is 1. The van der Waals surface area contributed by atoms with Crippen LogP contribution in [0.4, 0.5) is 0 Å². The fourth-order valence-electron chi connectivity index (χ4n) is 9.18. The minimum atomic E-state index is -0.330. The first-order chi connectivity index (χ1) is 18.9. The van der Waals surface area contributed by atoms with Gasteiger partial charge in [-0.2, -0.15) is 0 Å². The van der Waals surface area contributed by atoms with Crippen LogP contribution < -0.4 is 10.1 Å². The molecule has 214 valence electrons. The molecule has 0 radical (unpaired) electrons. The lowest BCUT2D eigenvalue weighted by Crippen LogP contribution is -2.47. The monoisotopic (exact) mass is 535 g/mol. The Kier molecular flexibility index (Phi) is 7.96. The number of allylic oxidation sites excluding steroid dienone is 1. The SMILES string of the molecule is CCCC(NC(C)C)c1cccc(OCC[C@]23CCC4C5=C(CCC4C2CCC3=O)CC2(CC5)OCCO2)c1. The van der Waals surface area contributed by atoms with Crippen molar-refractivity contribution < 1.29 is 19.0 Å². The predicted octanol–water partition coefficient (Wildman–Crippen LogP) is 7.30. The van der Waals surface area contributed by atoms with Crippen molar-refractivity contribution in [3.8, 4) is 5.75 Å². The van der Waals surface area contributed by atoms with Gasteiger partial charge in [0.25, 0.3) is 0 Å². The van der Waals surface area contributed by atoms with Gasteiger partial charge in [-0.15, -0.1) is 0 Å². The van der Waals surface area contributed by atoms with Crippen LogP contribution in [-0.4, -0.2) is 37.4 Å². The molecule has 1 heterocycles. The van der Waals surface area contributed by atoms with E-state index in [4.69, 9.17) is 14.2 Å². The summed E-state index contributed by atoms with van der Waals surface area (Å²) in [5.41, 5.74) is 4.46. The molecule has 1 saturated heterocycles. The van der Waals surface area contributed by atoms with Crippen LogP contribution in [0.2, 0.25) is 0 Å². The van der Waals surface area contributed by atoms with Crippen molar-refractivity contribution in [1.82, 2.24) is 5.32 Å². The van der Waals surface area contributed by atoms with E-state index < -0.39 is 0 Å². The Morgan fingerprint density at radius 1 is 1.08 bits per heavy atom. The average Bonchev–Trinajstić information content (AvgIpc) is 3.52. The van der Waals surface area contributed by atoms with E-state index in [1.807, 2.05) is 0 Å². The Morgan fingerprint density at radius 3 is 2.72 bits per heavy atom. The Labute approximate surface area is 235 Å². The second kappa shape index (κ2) is 11.3. The van der Waals surface area contributed by atoms with Crippen molar-refractivity contribution in [2.45, 2.75) is 116 Å². The van der Waals surface area contributed by atoms with Crippen LogP contribution in [0.5, 0.6) is 5.75 Å². The number of Topliss-reactive ketones (excluding diaryl/α,β-unsaturated/α-hetero) is 1. The third kappa shape index (κ3) is 5.24. The summed E-state index contributed by atoms with van der Waals surface area (Å²) in [6.45, 7) is 8.76. The van der Waals surface area contributed by atoms with Gasteiger partial charge in [0.15, 0.2) is 5.79 Å². The van der Waals surface area contributed by atoms with E-state index >= 15 is 0 Å². The number of nitrogens with one attached hydrogen (secondary N) is 1. The number of carbonyl (C=O) groups excluding carboxylic acids is 1. The second-order valence-electron chi connectivity index (χ2n) is 13.3. The van der Waals surface area contributed by atoms with Gasteiger partial charge in [0.05, 0.1) is 19.8 Å². The van der Waals surface area contributed by atoms with Crippen LogP contribution in [0.3, 0.4) is 0 Å². The Bertz CT molecular complexity index is 1070. The Balaban J connectivity index is 1.12. The van der Waals surface area contributed by atoms with E-state index in [1.165, 1.54) is 18.4 Å². The summed E-state index contributed by atoms with van der Waals surface area (Å²) in [4.78, 5) is 13.5. The van der Waals surface area contributed by atoms with Crippen LogP contribution in [0.15, 0.2) is 35.4 Å². The van der Waals surface area contributed by atoms with Gasteiger partial charge < -0.3 is 19.5 Å². The van der Waals surface area contributed by atoms with E-state index in [0.717, 1.165) is 83.2 Å². The van der Waals surface area contributed by atoms with E-state index in [9.17, 15) is 4.79 Å². The van der Waals surface area contributed by atoms with Crippen molar-refractivity contribution in [2.75, 3.05) is 19.8 Å². The lowest BCUT2D eigenvalue weighted by molar-refractivity contribution is -0.166. The lowest BCUT2D eigenvalue weighted by Gasteiger charge is -2.52. The van der Waals surface area contributed by atoms with Crippen LogP contribution in [-0.2, 0) is 14.3 Å². The Hall–Kier alpha value is -1.69. The molecule has 3 fully saturated rings. The van der Waals surface area contributed by atoms with Gasteiger partial charge in [0.1, 0.15) is 11.5 Å². The standard InChI is InChI=1S/C34H49NO4/c1-4-6-31(35-23(2)3)24-7-5-8-26(21-24)37-18-17-33-15-13-28-27-14-16-34(38-19-20-39-34)22-25(27)9-10-29(28)30(33)11-12-32(33)36/h5,7-8,21,23,28-31,35H,4,6,9-20,22H2,1-3H3/t28?,29?,30?,31?,33-/m1/s1. The van der Waals surface area contributed by atoms with Crippen molar-refractivity contribution in [1.29, 1.82) is 0 Å². The molecule has 1 N–H and O–H groups in total. The quantitative estimate of drug-likeness (QED) is 0.336. The first-order valence-electron chi connectivity index (χ1n) is 15.9. The number of ether oxygens (including phenoxy) is 3. The fraction of sp³-hybridized carbons (Fsp3) is 0.735. The summed E-state index contributed by atoms with van der Waals surface area (Å²) in [5.74, 6) is 2.96. The van der Waals surface area contributed by atoms with Crippen LogP contribution in [0, 0.1) is 23.2 Å². The van der Waals surface area contributed by atoms with Crippen LogP contribution >= 0.6 is 0 Å². The highest BCUT2D eigenvalue weighted by atomic mass is 16.7. The second-order valence-corrected chi connectivity index (χ2v) is 13.3. The molecule has 5 nitrogen and oxygen atoms in total. The molecule has 0 bridgehead atoms. The number of hydrogen-bond acceptors (Lipinski definition) is 5. The normalized spacial score (nSPS) is 32.3. The van der Waals surface area contributed by atoms with Gasteiger partial charge in [0, 0.05) is 36.8 Å². The third-order valence-corrected chi connectivity index (χ3v) is 10.8. The highest BCUT2D eigenvalue weighted by Crippen LogP contribution is 2.62. The van der Waals surface area contributed by atoms with Gasteiger partial charge in [-0.1, -0.05) is 50.5 Å². The number of benzene rings is 1. The summed E-state index contributed by atoms with van der Waals surface area (Å²) in [5, 5.41) is 3.71. The maximum Gasteiger partial charge on any atom is 0.172 e. The summed E-state index contributed by atoms with van der Waals surface area (Å²) in [6, 6.07) is 9.40. The molecule has 6 rings (SSSR count). The molecule has 1 aliphatic heterocycles. The van der Waals surface area contributed by atoms with Gasteiger partial charge in [-0.25, -0.2) is 0 Å². The maximum absolute atomic E-state index is 13.5.